The smallest absolute Gasteiger partial charge is 0.253 e. The summed E-state index contributed by atoms with van der Waals surface area (Å²) in [5, 5.41) is 3.64. The molecule has 1 amide bonds. The molecule has 162 valence electrons. The number of aromatic nitrogens is 1. The first-order chi connectivity index (χ1) is 14.5. The van der Waals surface area contributed by atoms with Crippen molar-refractivity contribution in [1.82, 2.24) is 9.88 Å². The standard InChI is InChI=1S/C25H32ClFN2O/c1-17-22(25(30)28-20-10-6-3-7-11-20)15-24(21-13-12-19(27)14-23(21)26)29(17)16-18-8-4-2-5-9-18/h12-15,18,20H,2-11,16H2,1H3,(H,28,30). The highest BCUT2D eigenvalue weighted by Gasteiger charge is 2.24. The third-order valence-electron chi connectivity index (χ3n) is 6.92. The number of rotatable bonds is 5. The predicted octanol–water partition coefficient (Wildman–Crippen LogP) is 6.90. The summed E-state index contributed by atoms with van der Waals surface area (Å²) in [6.07, 6.45) is 12.0. The highest BCUT2D eigenvalue weighted by Crippen LogP contribution is 2.35. The van der Waals surface area contributed by atoms with Crippen LogP contribution in [0.1, 0.15) is 80.3 Å². The lowest BCUT2D eigenvalue weighted by atomic mass is 9.89. The average Bonchev–Trinajstić information content (AvgIpc) is 3.06. The molecule has 0 aliphatic heterocycles. The van der Waals surface area contributed by atoms with Gasteiger partial charge in [0.25, 0.3) is 5.91 Å². The summed E-state index contributed by atoms with van der Waals surface area (Å²) in [7, 11) is 0. The Labute approximate surface area is 184 Å². The predicted molar refractivity (Wildman–Crippen MR) is 120 cm³/mol. The van der Waals surface area contributed by atoms with E-state index in [4.69, 9.17) is 11.6 Å². The Morgan fingerprint density at radius 3 is 2.40 bits per heavy atom. The summed E-state index contributed by atoms with van der Waals surface area (Å²) in [4.78, 5) is 13.1. The lowest BCUT2D eigenvalue weighted by molar-refractivity contribution is 0.0927. The molecule has 1 N–H and O–H groups in total. The SMILES string of the molecule is Cc1c(C(=O)NC2CCCCC2)cc(-c2ccc(F)cc2Cl)n1CC1CCCCC1. The number of nitrogens with zero attached hydrogens (tertiary/aromatic N) is 1. The normalized spacial score (nSPS) is 18.5. The van der Waals surface area contributed by atoms with Crippen molar-refractivity contribution in [2.45, 2.75) is 83.7 Å². The zero-order valence-electron chi connectivity index (χ0n) is 17.9. The van der Waals surface area contributed by atoms with E-state index >= 15 is 0 Å². The van der Waals surface area contributed by atoms with Crippen LogP contribution < -0.4 is 5.32 Å². The van der Waals surface area contributed by atoms with Crippen LogP contribution in [0.5, 0.6) is 0 Å². The number of hydrogen-bond donors (Lipinski definition) is 1. The van der Waals surface area contributed by atoms with E-state index in [0.29, 0.717) is 16.5 Å². The fourth-order valence-electron chi connectivity index (χ4n) is 5.17. The fraction of sp³-hybridized carbons (Fsp3) is 0.560. The van der Waals surface area contributed by atoms with Gasteiger partial charge < -0.3 is 9.88 Å². The molecule has 0 atom stereocenters. The van der Waals surface area contributed by atoms with Crippen LogP contribution in [0.25, 0.3) is 11.3 Å². The average molecular weight is 431 g/mol. The van der Waals surface area contributed by atoms with Crippen molar-refractivity contribution in [2.24, 2.45) is 5.92 Å². The highest BCUT2D eigenvalue weighted by molar-refractivity contribution is 6.33. The van der Waals surface area contributed by atoms with E-state index < -0.39 is 0 Å². The van der Waals surface area contributed by atoms with Gasteiger partial charge in [0.15, 0.2) is 0 Å². The molecule has 1 heterocycles. The molecule has 1 aromatic carbocycles. The Morgan fingerprint density at radius 1 is 1.07 bits per heavy atom. The van der Waals surface area contributed by atoms with Gasteiger partial charge in [0.2, 0.25) is 0 Å². The van der Waals surface area contributed by atoms with Gasteiger partial charge in [0.05, 0.1) is 16.3 Å². The van der Waals surface area contributed by atoms with Gasteiger partial charge in [-0.15, -0.1) is 0 Å². The number of halogens is 2. The largest absolute Gasteiger partial charge is 0.349 e. The Hall–Kier alpha value is -1.81. The minimum Gasteiger partial charge on any atom is -0.349 e. The molecule has 2 aromatic rings. The van der Waals surface area contributed by atoms with Gasteiger partial charge in [0, 0.05) is 23.8 Å². The van der Waals surface area contributed by atoms with Crippen LogP contribution in [0, 0.1) is 18.7 Å². The third-order valence-corrected chi connectivity index (χ3v) is 7.24. The summed E-state index contributed by atoms with van der Waals surface area (Å²) in [5.41, 5.74) is 3.39. The molecule has 2 aliphatic carbocycles. The van der Waals surface area contributed by atoms with Crippen LogP contribution in [0.2, 0.25) is 5.02 Å². The van der Waals surface area contributed by atoms with Crippen LogP contribution in [0.15, 0.2) is 24.3 Å². The Bertz CT molecular complexity index is 895. The number of nitrogens with one attached hydrogen (secondary N) is 1. The molecule has 2 fully saturated rings. The van der Waals surface area contributed by atoms with Crippen molar-refractivity contribution < 1.29 is 9.18 Å². The van der Waals surface area contributed by atoms with E-state index in [1.165, 1.54) is 63.5 Å². The second-order valence-corrected chi connectivity index (χ2v) is 9.48. The maximum Gasteiger partial charge on any atom is 0.253 e. The first kappa shape index (κ1) is 21.4. The Balaban J connectivity index is 1.67. The van der Waals surface area contributed by atoms with E-state index in [1.807, 2.05) is 13.0 Å². The second-order valence-electron chi connectivity index (χ2n) is 9.08. The van der Waals surface area contributed by atoms with Crippen LogP contribution >= 0.6 is 11.6 Å². The van der Waals surface area contributed by atoms with Gasteiger partial charge in [-0.25, -0.2) is 4.39 Å². The van der Waals surface area contributed by atoms with E-state index in [9.17, 15) is 9.18 Å². The van der Waals surface area contributed by atoms with Crippen molar-refractivity contribution in [1.29, 1.82) is 0 Å². The molecule has 1 aromatic heterocycles. The van der Waals surface area contributed by atoms with Gasteiger partial charge in [-0.1, -0.05) is 50.1 Å². The molecular formula is C25H32ClFN2O. The van der Waals surface area contributed by atoms with Crippen LogP contribution in [-0.4, -0.2) is 16.5 Å². The van der Waals surface area contributed by atoms with Crippen molar-refractivity contribution in [2.75, 3.05) is 0 Å². The van der Waals surface area contributed by atoms with Gasteiger partial charge in [0.1, 0.15) is 5.82 Å². The number of carbonyl (C=O) groups is 1. The number of amides is 1. The second kappa shape index (κ2) is 9.55. The minimum atomic E-state index is -0.346. The molecule has 30 heavy (non-hydrogen) atoms. The molecule has 2 saturated carbocycles. The van der Waals surface area contributed by atoms with E-state index in [0.717, 1.165) is 36.3 Å². The summed E-state index contributed by atoms with van der Waals surface area (Å²) in [5.74, 6) is 0.263. The lowest BCUT2D eigenvalue weighted by Crippen LogP contribution is -2.36. The molecular weight excluding hydrogens is 399 g/mol. The molecule has 0 unspecified atom stereocenters. The van der Waals surface area contributed by atoms with E-state index in [2.05, 4.69) is 9.88 Å². The van der Waals surface area contributed by atoms with Crippen molar-refractivity contribution >= 4 is 17.5 Å². The third kappa shape index (κ3) is 4.74. The minimum absolute atomic E-state index is 0.00118. The van der Waals surface area contributed by atoms with Crippen molar-refractivity contribution in [3.05, 3.63) is 46.4 Å². The number of benzene rings is 1. The quantitative estimate of drug-likeness (QED) is 0.550. The highest BCUT2D eigenvalue weighted by atomic mass is 35.5. The molecule has 5 heteroatoms. The molecule has 3 nitrogen and oxygen atoms in total. The molecule has 0 bridgehead atoms. The van der Waals surface area contributed by atoms with Crippen LogP contribution in [0.4, 0.5) is 4.39 Å². The van der Waals surface area contributed by atoms with Crippen molar-refractivity contribution in [3.8, 4) is 11.3 Å². The summed E-state index contributed by atoms with van der Waals surface area (Å²) >= 11 is 6.42. The van der Waals surface area contributed by atoms with E-state index in [1.54, 1.807) is 6.07 Å². The van der Waals surface area contributed by atoms with Gasteiger partial charge >= 0.3 is 0 Å². The molecule has 2 aliphatic rings. The molecule has 0 radical (unpaired) electrons. The van der Waals surface area contributed by atoms with Gasteiger partial charge in [-0.3, -0.25) is 4.79 Å². The van der Waals surface area contributed by atoms with Gasteiger partial charge in [-0.2, -0.15) is 0 Å². The maximum atomic E-state index is 13.7. The molecule has 0 saturated heterocycles. The molecule has 4 rings (SSSR count). The Kier molecular flexibility index (Phi) is 6.82. The monoisotopic (exact) mass is 430 g/mol. The lowest BCUT2D eigenvalue weighted by Gasteiger charge is -2.25. The number of hydrogen-bond acceptors (Lipinski definition) is 1. The van der Waals surface area contributed by atoms with Gasteiger partial charge in [-0.05, 0) is 62.8 Å². The topological polar surface area (TPSA) is 34.0 Å². The zero-order valence-corrected chi connectivity index (χ0v) is 18.6. The van der Waals surface area contributed by atoms with Crippen molar-refractivity contribution in [3.63, 3.8) is 0 Å². The fourth-order valence-corrected chi connectivity index (χ4v) is 5.43. The summed E-state index contributed by atoms with van der Waals surface area (Å²) < 4.78 is 15.9. The zero-order chi connectivity index (χ0) is 21.1. The van der Waals surface area contributed by atoms with E-state index in [-0.39, 0.29) is 17.8 Å². The van der Waals surface area contributed by atoms with Crippen LogP contribution in [0.3, 0.4) is 0 Å². The summed E-state index contributed by atoms with van der Waals surface area (Å²) in [6, 6.07) is 6.75. The number of carbonyl (C=O) groups excluding carboxylic acids is 1. The Morgan fingerprint density at radius 2 is 1.73 bits per heavy atom. The van der Waals surface area contributed by atoms with Crippen LogP contribution in [-0.2, 0) is 6.54 Å². The summed E-state index contributed by atoms with van der Waals surface area (Å²) in [6.45, 7) is 2.91. The molecule has 0 spiro atoms. The maximum absolute atomic E-state index is 13.7. The first-order valence-electron chi connectivity index (χ1n) is 11.5. The first-order valence-corrected chi connectivity index (χ1v) is 11.9.